The Bertz CT molecular complexity index is 351. The van der Waals surface area contributed by atoms with E-state index >= 15 is 0 Å². The van der Waals surface area contributed by atoms with Crippen molar-refractivity contribution in [2.75, 3.05) is 13.6 Å². The molecule has 0 unspecified atom stereocenters. The summed E-state index contributed by atoms with van der Waals surface area (Å²) in [5.74, 6) is 0.274. The number of hydrogen-bond donors (Lipinski definition) is 1. The van der Waals surface area contributed by atoms with Crippen LogP contribution in [0.2, 0.25) is 0 Å². The number of likely N-dealkylation sites (tertiary alicyclic amines) is 1. The molecule has 0 spiro atoms. The Balaban J connectivity index is 2.31. The number of nitrogens with zero attached hydrogens (tertiary/aromatic N) is 1. The molecule has 1 aliphatic rings. The lowest BCUT2D eigenvalue weighted by Crippen LogP contribution is -2.51. The number of rotatable bonds is 1. The average molecular weight is 219 g/mol. The molecule has 1 aromatic carbocycles. The molecule has 2 rings (SSSR count). The quantitative estimate of drug-likeness (QED) is 0.783. The van der Waals surface area contributed by atoms with Crippen LogP contribution in [0.1, 0.15) is 25.8 Å². The van der Waals surface area contributed by atoms with Crippen molar-refractivity contribution < 1.29 is 5.11 Å². The minimum Gasteiger partial charge on any atom is -0.385 e. The third-order valence-electron chi connectivity index (χ3n) is 4.01. The fourth-order valence-corrected chi connectivity index (χ4v) is 2.70. The second-order valence-electron chi connectivity index (χ2n) is 5.18. The molecule has 0 saturated carbocycles. The van der Waals surface area contributed by atoms with E-state index in [0.29, 0.717) is 6.04 Å². The highest BCUT2D eigenvalue weighted by Crippen LogP contribution is 2.39. The lowest BCUT2D eigenvalue weighted by molar-refractivity contribution is -0.0843. The third-order valence-corrected chi connectivity index (χ3v) is 4.01. The largest absolute Gasteiger partial charge is 0.385 e. The summed E-state index contributed by atoms with van der Waals surface area (Å²) in [5, 5.41) is 10.9. The van der Waals surface area contributed by atoms with Crippen LogP contribution >= 0.6 is 0 Å². The zero-order chi connectivity index (χ0) is 11.8. The van der Waals surface area contributed by atoms with E-state index in [1.54, 1.807) is 0 Å². The maximum absolute atomic E-state index is 10.9. The molecule has 2 heteroatoms. The Morgan fingerprint density at radius 3 is 2.50 bits per heavy atom. The maximum atomic E-state index is 10.9. The van der Waals surface area contributed by atoms with E-state index in [2.05, 4.69) is 25.8 Å². The van der Waals surface area contributed by atoms with Crippen molar-refractivity contribution in [1.29, 1.82) is 0 Å². The van der Waals surface area contributed by atoms with E-state index in [9.17, 15) is 5.11 Å². The van der Waals surface area contributed by atoms with Crippen LogP contribution in [0.5, 0.6) is 0 Å². The summed E-state index contributed by atoms with van der Waals surface area (Å²) in [6.45, 7) is 5.27. The molecule has 1 aliphatic heterocycles. The van der Waals surface area contributed by atoms with Gasteiger partial charge in [0.2, 0.25) is 0 Å². The van der Waals surface area contributed by atoms with Gasteiger partial charge >= 0.3 is 0 Å². The molecule has 1 saturated heterocycles. The number of hydrogen-bond acceptors (Lipinski definition) is 2. The fraction of sp³-hybridized carbons (Fsp3) is 0.571. The van der Waals surface area contributed by atoms with Crippen molar-refractivity contribution in [3.63, 3.8) is 0 Å². The van der Waals surface area contributed by atoms with Crippen LogP contribution in [0, 0.1) is 5.92 Å². The Morgan fingerprint density at radius 2 is 1.88 bits per heavy atom. The number of piperidine rings is 1. The van der Waals surface area contributed by atoms with Crippen LogP contribution in [0.15, 0.2) is 30.3 Å². The van der Waals surface area contributed by atoms with Gasteiger partial charge in [0, 0.05) is 18.5 Å². The van der Waals surface area contributed by atoms with Gasteiger partial charge in [-0.2, -0.15) is 0 Å². The van der Waals surface area contributed by atoms with E-state index in [4.69, 9.17) is 0 Å². The van der Waals surface area contributed by atoms with Crippen LogP contribution in [0.25, 0.3) is 0 Å². The number of benzene rings is 1. The van der Waals surface area contributed by atoms with Gasteiger partial charge in [0.1, 0.15) is 0 Å². The van der Waals surface area contributed by atoms with Crippen LogP contribution in [-0.4, -0.2) is 29.6 Å². The van der Waals surface area contributed by atoms with Crippen molar-refractivity contribution in [2.24, 2.45) is 5.92 Å². The van der Waals surface area contributed by atoms with Crippen LogP contribution in [0.3, 0.4) is 0 Å². The molecule has 0 amide bonds. The minimum absolute atomic E-state index is 0.274. The molecule has 0 aliphatic carbocycles. The van der Waals surface area contributed by atoms with Gasteiger partial charge < -0.3 is 10.0 Å². The van der Waals surface area contributed by atoms with Crippen molar-refractivity contribution >= 4 is 0 Å². The maximum Gasteiger partial charge on any atom is 0.0948 e. The molecular formula is C14H21NO. The summed E-state index contributed by atoms with van der Waals surface area (Å²) >= 11 is 0. The minimum atomic E-state index is -0.660. The van der Waals surface area contributed by atoms with Gasteiger partial charge in [-0.05, 0) is 26.0 Å². The lowest BCUT2D eigenvalue weighted by Gasteiger charge is -2.46. The first kappa shape index (κ1) is 11.6. The van der Waals surface area contributed by atoms with Crippen LogP contribution < -0.4 is 0 Å². The summed E-state index contributed by atoms with van der Waals surface area (Å²) in [6.07, 6.45) is 0.814. The summed E-state index contributed by atoms with van der Waals surface area (Å²) in [6, 6.07) is 10.5. The van der Waals surface area contributed by atoms with Crippen LogP contribution in [-0.2, 0) is 5.60 Å². The molecule has 1 aromatic rings. The van der Waals surface area contributed by atoms with Crippen molar-refractivity contribution in [2.45, 2.75) is 31.9 Å². The molecule has 1 fully saturated rings. The first-order valence-corrected chi connectivity index (χ1v) is 6.02. The molecular weight excluding hydrogens is 198 g/mol. The normalized spacial score (nSPS) is 36.2. The molecule has 0 aromatic heterocycles. The first-order valence-electron chi connectivity index (χ1n) is 6.02. The second-order valence-corrected chi connectivity index (χ2v) is 5.18. The second kappa shape index (κ2) is 4.19. The predicted molar refractivity (Wildman–Crippen MR) is 66.2 cm³/mol. The lowest BCUT2D eigenvalue weighted by atomic mass is 9.74. The smallest absolute Gasteiger partial charge is 0.0948 e. The topological polar surface area (TPSA) is 23.5 Å². The summed E-state index contributed by atoms with van der Waals surface area (Å²) in [4.78, 5) is 2.32. The van der Waals surface area contributed by atoms with Gasteiger partial charge in [0.15, 0.2) is 0 Å². The van der Waals surface area contributed by atoms with Gasteiger partial charge in [-0.1, -0.05) is 37.3 Å². The molecule has 16 heavy (non-hydrogen) atoms. The van der Waals surface area contributed by atoms with Crippen LogP contribution in [0.4, 0.5) is 0 Å². The molecule has 88 valence electrons. The van der Waals surface area contributed by atoms with Gasteiger partial charge in [-0.3, -0.25) is 0 Å². The predicted octanol–water partition coefficient (Wildman–Crippen LogP) is 2.23. The fourth-order valence-electron chi connectivity index (χ4n) is 2.70. The molecule has 1 heterocycles. The van der Waals surface area contributed by atoms with Gasteiger partial charge in [0.05, 0.1) is 5.60 Å². The Hall–Kier alpha value is -0.860. The van der Waals surface area contributed by atoms with Crippen molar-refractivity contribution in [3.8, 4) is 0 Å². The van der Waals surface area contributed by atoms with Gasteiger partial charge in [-0.15, -0.1) is 0 Å². The van der Waals surface area contributed by atoms with Crippen molar-refractivity contribution in [1.82, 2.24) is 4.90 Å². The summed E-state index contributed by atoms with van der Waals surface area (Å²) in [5.41, 5.74) is 0.398. The molecule has 0 bridgehead atoms. The third kappa shape index (κ3) is 1.87. The first-order chi connectivity index (χ1) is 7.54. The van der Waals surface area contributed by atoms with Crippen molar-refractivity contribution in [3.05, 3.63) is 35.9 Å². The highest BCUT2D eigenvalue weighted by Gasteiger charge is 2.42. The Labute approximate surface area is 97.9 Å². The van der Waals surface area contributed by atoms with E-state index in [1.165, 1.54) is 0 Å². The summed E-state index contributed by atoms with van der Waals surface area (Å²) < 4.78 is 0. The average Bonchev–Trinajstić information content (AvgIpc) is 2.28. The molecule has 3 atom stereocenters. The number of aliphatic hydroxyl groups is 1. The Morgan fingerprint density at radius 1 is 1.25 bits per heavy atom. The van der Waals surface area contributed by atoms with Gasteiger partial charge in [0.25, 0.3) is 0 Å². The SMILES string of the molecule is C[C@H]1C[C@](O)(c2ccccc2)[C@@H](C)CN1C. The highest BCUT2D eigenvalue weighted by atomic mass is 16.3. The zero-order valence-corrected chi connectivity index (χ0v) is 10.4. The molecule has 0 radical (unpaired) electrons. The molecule has 2 nitrogen and oxygen atoms in total. The zero-order valence-electron chi connectivity index (χ0n) is 10.4. The van der Waals surface area contributed by atoms with Gasteiger partial charge in [-0.25, -0.2) is 0 Å². The van der Waals surface area contributed by atoms with E-state index in [-0.39, 0.29) is 5.92 Å². The highest BCUT2D eigenvalue weighted by molar-refractivity contribution is 5.24. The monoisotopic (exact) mass is 219 g/mol. The summed E-state index contributed by atoms with van der Waals surface area (Å²) in [7, 11) is 2.13. The molecule has 1 N–H and O–H groups in total. The Kier molecular flexibility index (Phi) is 3.04. The van der Waals surface area contributed by atoms with E-state index in [0.717, 1.165) is 18.5 Å². The van der Waals surface area contributed by atoms with E-state index < -0.39 is 5.60 Å². The van der Waals surface area contributed by atoms with E-state index in [1.807, 2.05) is 30.3 Å². The standard InChI is InChI=1S/C14H21NO/c1-11-10-15(3)12(2)9-14(11,16)13-7-5-4-6-8-13/h4-8,11-12,16H,9-10H2,1-3H3/t11-,12-,14+/m0/s1.